The van der Waals surface area contributed by atoms with E-state index in [0.29, 0.717) is 6.04 Å². The maximum absolute atomic E-state index is 4.99. The van der Waals surface area contributed by atoms with Crippen LogP contribution in [-0.2, 0) is 0 Å². The minimum atomic E-state index is -1.11. The van der Waals surface area contributed by atoms with E-state index in [2.05, 4.69) is 51.2 Å². The van der Waals surface area contributed by atoms with Crippen molar-refractivity contribution >= 4 is 22.2 Å². The fraction of sp³-hybridized carbons (Fsp3) is 0.944. The van der Waals surface area contributed by atoms with Gasteiger partial charge in [-0.2, -0.15) is 0 Å². The van der Waals surface area contributed by atoms with Crippen molar-refractivity contribution in [1.29, 1.82) is 0 Å². The van der Waals surface area contributed by atoms with Gasteiger partial charge in [0.2, 0.25) is 0 Å². The first-order chi connectivity index (χ1) is 10.1. The summed E-state index contributed by atoms with van der Waals surface area (Å²) in [6.07, 6.45) is 5.35. The van der Waals surface area contributed by atoms with Crippen molar-refractivity contribution in [3.05, 3.63) is 0 Å². The Hall–Kier alpha value is 0.0638. The Morgan fingerprint density at radius 1 is 1.14 bits per heavy atom. The van der Waals surface area contributed by atoms with Crippen LogP contribution in [0.1, 0.15) is 46.5 Å². The molecule has 0 spiro atoms. The number of aliphatic imine (C=N–C) groups is 1. The third kappa shape index (κ3) is 4.32. The zero-order chi connectivity index (χ0) is 16.5. The molecule has 0 aromatic rings. The van der Waals surface area contributed by atoms with Crippen molar-refractivity contribution in [2.24, 2.45) is 16.8 Å². The summed E-state index contributed by atoms with van der Waals surface area (Å²) in [4.78, 5) is 4.99. The van der Waals surface area contributed by atoms with Crippen molar-refractivity contribution in [2.45, 2.75) is 90.8 Å². The molecule has 128 valence electrons. The van der Waals surface area contributed by atoms with Crippen LogP contribution in [0.2, 0.25) is 38.3 Å². The minimum Gasteiger partial charge on any atom is -0.345 e. The van der Waals surface area contributed by atoms with Gasteiger partial charge in [0, 0.05) is 11.8 Å². The lowest BCUT2D eigenvalue weighted by molar-refractivity contribution is 0.375. The topological polar surface area (TPSA) is 15.6 Å². The second kappa shape index (κ2) is 6.90. The molecule has 2 rings (SSSR count). The zero-order valence-electron chi connectivity index (χ0n) is 16.1. The summed E-state index contributed by atoms with van der Waals surface area (Å²) in [6, 6.07) is 3.52. The van der Waals surface area contributed by atoms with Crippen LogP contribution in [0.15, 0.2) is 4.99 Å². The van der Waals surface area contributed by atoms with Crippen molar-refractivity contribution < 1.29 is 0 Å². The Balaban J connectivity index is 2.04. The summed E-state index contributed by atoms with van der Waals surface area (Å²) in [5, 5.41) is 0. The van der Waals surface area contributed by atoms with Gasteiger partial charge in [-0.3, -0.25) is 4.99 Å². The first-order valence-corrected chi connectivity index (χ1v) is 15.8. The van der Waals surface area contributed by atoms with Crippen molar-refractivity contribution in [3.63, 3.8) is 0 Å². The third-order valence-electron chi connectivity index (χ3n) is 5.99. The molecule has 22 heavy (non-hydrogen) atoms. The fourth-order valence-electron chi connectivity index (χ4n) is 4.72. The molecule has 0 amide bonds. The quantitative estimate of drug-likeness (QED) is 0.628. The van der Waals surface area contributed by atoms with Crippen molar-refractivity contribution in [1.82, 2.24) is 4.23 Å². The van der Waals surface area contributed by atoms with E-state index >= 15 is 0 Å². The summed E-state index contributed by atoms with van der Waals surface area (Å²) in [5.41, 5.74) is 1.55. The molecule has 1 saturated heterocycles. The lowest BCUT2D eigenvalue weighted by atomic mass is 9.79. The van der Waals surface area contributed by atoms with Gasteiger partial charge < -0.3 is 4.23 Å². The largest absolute Gasteiger partial charge is 0.345 e. The molecule has 2 fully saturated rings. The maximum Gasteiger partial charge on any atom is 0.115 e. The molecule has 0 N–H and O–H groups in total. The highest BCUT2D eigenvalue weighted by molar-refractivity contribution is 6.95. The molecule has 1 heterocycles. The monoisotopic (exact) mass is 338 g/mol. The molecule has 0 radical (unpaired) electrons. The minimum absolute atomic E-state index is 0.467. The SMILES string of the molecule is CC1CCC(=NC(C)C)C(CCN2[Si](C)(C)CC[Si]2(C)C)C1. The molecule has 2 nitrogen and oxygen atoms in total. The number of hydrogen-bond donors (Lipinski definition) is 0. The van der Waals surface area contributed by atoms with E-state index in [1.165, 1.54) is 44.3 Å². The molecule has 2 aliphatic rings. The van der Waals surface area contributed by atoms with Crippen LogP contribution in [0.5, 0.6) is 0 Å². The Bertz CT molecular complexity index is 399. The molecule has 2 unspecified atom stereocenters. The van der Waals surface area contributed by atoms with Gasteiger partial charge in [-0.15, -0.1) is 0 Å². The standard InChI is InChI=1S/C18H38N2Si2/c1-15(2)19-18-9-8-16(3)14-17(18)10-11-20-21(4,5)12-13-22(20,6)7/h15-17H,8-14H2,1-7H3. The van der Waals surface area contributed by atoms with Gasteiger partial charge in [0.05, 0.1) is 0 Å². The molecule has 2 atom stereocenters. The van der Waals surface area contributed by atoms with Gasteiger partial charge in [-0.1, -0.05) is 33.1 Å². The van der Waals surface area contributed by atoms with E-state index in [4.69, 9.17) is 4.99 Å². The van der Waals surface area contributed by atoms with Crippen LogP contribution in [0.25, 0.3) is 0 Å². The number of rotatable bonds is 4. The van der Waals surface area contributed by atoms with Gasteiger partial charge in [-0.25, -0.2) is 0 Å². The Labute approximate surface area is 141 Å². The predicted octanol–water partition coefficient (Wildman–Crippen LogP) is 5.39. The lowest BCUT2D eigenvalue weighted by Gasteiger charge is -2.40. The summed E-state index contributed by atoms with van der Waals surface area (Å²) in [7, 11) is -2.21. The van der Waals surface area contributed by atoms with Gasteiger partial charge in [-0.05, 0) is 70.0 Å². The molecular formula is C18H38N2Si2. The molecule has 1 saturated carbocycles. The van der Waals surface area contributed by atoms with Crippen LogP contribution in [0.4, 0.5) is 0 Å². The van der Waals surface area contributed by atoms with E-state index in [1.807, 2.05) is 0 Å². The fourth-order valence-corrected chi connectivity index (χ4v) is 18.8. The summed E-state index contributed by atoms with van der Waals surface area (Å²) in [6.45, 7) is 18.6. The average Bonchev–Trinajstić information content (AvgIpc) is 2.59. The highest BCUT2D eigenvalue weighted by atomic mass is 28.4. The van der Waals surface area contributed by atoms with E-state index in [9.17, 15) is 0 Å². The highest BCUT2D eigenvalue weighted by Crippen LogP contribution is 2.38. The summed E-state index contributed by atoms with van der Waals surface area (Å²) in [5.74, 6) is 1.66. The first kappa shape index (κ1) is 18.4. The van der Waals surface area contributed by atoms with Crippen LogP contribution < -0.4 is 0 Å². The zero-order valence-corrected chi connectivity index (χ0v) is 18.1. The number of hydrogen-bond acceptors (Lipinski definition) is 2. The molecule has 0 bridgehead atoms. The normalized spacial score (nSPS) is 33.7. The van der Waals surface area contributed by atoms with Gasteiger partial charge in [0.15, 0.2) is 0 Å². The lowest BCUT2D eigenvalue weighted by Crippen LogP contribution is -2.55. The Kier molecular flexibility index (Phi) is 5.77. The van der Waals surface area contributed by atoms with Crippen LogP contribution in [0.3, 0.4) is 0 Å². The van der Waals surface area contributed by atoms with Crippen LogP contribution in [-0.4, -0.2) is 39.0 Å². The predicted molar refractivity (Wildman–Crippen MR) is 105 cm³/mol. The molecule has 0 aromatic heterocycles. The second-order valence-electron chi connectivity index (χ2n) is 9.36. The van der Waals surface area contributed by atoms with Crippen LogP contribution in [0, 0.1) is 11.8 Å². The molecule has 1 aliphatic heterocycles. The van der Waals surface area contributed by atoms with Crippen LogP contribution >= 0.6 is 0 Å². The smallest absolute Gasteiger partial charge is 0.115 e. The van der Waals surface area contributed by atoms with Crippen molar-refractivity contribution in [2.75, 3.05) is 6.54 Å². The molecule has 1 aliphatic carbocycles. The van der Waals surface area contributed by atoms with Gasteiger partial charge >= 0.3 is 0 Å². The number of nitrogens with zero attached hydrogens (tertiary/aromatic N) is 2. The third-order valence-corrected chi connectivity index (χ3v) is 16.4. The highest BCUT2D eigenvalue weighted by Gasteiger charge is 2.47. The van der Waals surface area contributed by atoms with E-state index in [-0.39, 0.29) is 0 Å². The molecule has 4 heteroatoms. The first-order valence-electron chi connectivity index (χ1n) is 9.46. The van der Waals surface area contributed by atoms with Crippen molar-refractivity contribution in [3.8, 4) is 0 Å². The maximum atomic E-state index is 4.99. The molecular weight excluding hydrogens is 300 g/mol. The molecule has 0 aromatic carbocycles. The van der Waals surface area contributed by atoms with Gasteiger partial charge in [0.25, 0.3) is 0 Å². The van der Waals surface area contributed by atoms with E-state index in [1.54, 1.807) is 5.71 Å². The summed E-state index contributed by atoms with van der Waals surface area (Å²) >= 11 is 0. The van der Waals surface area contributed by atoms with E-state index in [0.717, 1.165) is 11.8 Å². The second-order valence-corrected chi connectivity index (χ2v) is 19.1. The van der Waals surface area contributed by atoms with E-state index < -0.39 is 16.5 Å². The Morgan fingerprint density at radius 3 is 2.27 bits per heavy atom. The summed E-state index contributed by atoms with van der Waals surface area (Å²) < 4.78 is 3.05. The Morgan fingerprint density at radius 2 is 1.73 bits per heavy atom. The van der Waals surface area contributed by atoms with Gasteiger partial charge in [0.1, 0.15) is 16.5 Å². The average molecular weight is 339 g/mol.